The van der Waals surface area contributed by atoms with E-state index in [0.717, 1.165) is 0 Å². The van der Waals surface area contributed by atoms with Gasteiger partial charge < -0.3 is 4.74 Å². The second kappa shape index (κ2) is 4.32. The molecule has 0 atom stereocenters. The fourth-order valence-electron chi connectivity index (χ4n) is 0.865. The summed E-state index contributed by atoms with van der Waals surface area (Å²) in [6.07, 6.45) is 1.83. The van der Waals surface area contributed by atoms with Crippen LogP contribution in [0.15, 0.2) is 17.0 Å². The highest BCUT2D eigenvalue weighted by atomic mass is 127. The van der Waals surface area contributed by atoms with E-state index in [2.05, 4.69) is 0 Å². The summed E-state index contributed by atoms with van der Waals surface area (Å²) in [4.78, 5) is 0.574. The third-order valence-electron chi connectivity index (χ3n) is 1.44. The minimum atomic E-state index is -0.192. The molecule has 0 aromatic heterocycles. The van der Waals surface area contributed by atoms with Crippen molar-refractivity contribution in [2.75, 3.05) is 13.4 Å². The van der Waals surface area contributed by atoms with Crippen LogP contribution >= 0.6 is 34.4 Å². The minimum Gasteiger partial charge on any atom is -0.495 e. The van der Waals surface area contributed by atoms with Gasteiger partial charge >= 0.3 is 0 Å². The third-order valence-corrected chi connectivity index (χ3v) is 3.06. The van der Waals surface area contributed by atoms with Gasteiger partial charge in [-0.15, -0.1) is 11.8 Å². The van der Waals surface area contributed by atoms with Crippen LogP contribution in [0.4, 0.5) is 4.39 Å². The van der Waals surface area contributed by atoms with E-state index < -0.39 is 0 Å². The van der Waals surface area contributed by atoms with Crippen molar-refractivity contribution in [3.05, 3.63) is 21.5 Å². The number of hydrogen-bond acceptors (Lipinski definition) is 2. The number of methoxy groups -OCH3 is 1. The number of hydrogen-bond donors (Lipinski definition) is 0. The molecule has 66 valence electrons. The van der Waals surface area contributed by atoms with Gasteiger partial charge in [0.25, 0.3) is 0 Å². The van der Waals surface area contributed by atoms with E-state index in [9.17, 15) is 4.39 Å². The van der Waals surface area contributed by atoms with Gasteiger partial charge in [0.05, 0.1) is 15.6 Å². The normalized spacial score (nSPS) is 10.0. The van der Waals surface area contributed by atoms with E-state index in [1.807, 2.05) is 28.8 Å². The Labute approximate surface area is 88.8 Å². The maximum atomic E-state index is 13.3. The Hall–Kier alpha value is 0.0300. The molecule has 1 aromatic carbocycles. The summed E-state index contributed by atoms with van der Waals surface area (Å²) in [6.45, 7) is 0. The monoisotopic (exact) mass is 298 g/mol. The molecule has 0 spiro atoms. The first-order chi connectivity index (χ1) is 5.70. The maximum absolute atomic E-state index is 13.3. The highest BCUT2D eigenvalue weighted by Gasteiger charge is 2.10. The molecule has 0 saturated carbocycles. The van der Waals surface area contributed by atoms with Gasteiger partial charge in [-0.25, -0.2) is 4.39 Å². The molecular weight excluding hydrogens is 290 g/mol. The van der Waals surface area contributed by atoms with Crippen molar-refractivity contribution in [1.29, 1.82) is 0 Å². The first-order valence-electron chi connectivity index (χ1n) is 3.26. The van der Waals surface area contributed by atoms with Crippen LogP contribution < -0.4 is 4.74 Å². The summed E-state index contributed by atoms with van der Waals surface area (Å²) >= 11 is 3.32. The zero-order chi connectivity index (χ0) is 9.14. The predicted molar refractivity (Wildman–Crippen MR) is 57.5 cm³/mol. The summed E-state index contributed by atoms with van der Waals surface area (Å²) in [7, 11) is 1.54. The standard InChI is InChI=1S/C8H8FIOS/c1-11-6-4-3-5(10)7(9)8(6)12-2/h3-4H,1-2H3. The van der Waals surface area contributed by atoms with E-state index in [0.29, 0.717) is 14.2 Å². The number of ether oxygens (including phenoxy) is 1. The molecule has 0 amide bonds. The largest absolute Gasteiger partial charge is 0.495 e. The zero-order valence-corrected chi connectivity index (χ0v) is 9.70. The summed E-state index contributed by atoms with van der Waals surface area (Å²) in [5.74, 6) is 0.405. The van der Waals surface area contributed by atoms with E-state index in [1.54, 1.807) is 19.2 Å². The van der Waals surface area contributed by atoms with Crippen LogP contribution in [0.3, 0.4) is 0 Å². The molecule has 0 aliphatic heterocycles. The van der Waals surface area contributed by atoms with E-state index in [1.165, 1.54) is 11.8 Å². The Morgan fingerprint density at radius 1 is 1.50 bits per heavy atom. The molecule has 4 heteroatoms. The SMILES string of the molecule is COc1ccc(I)c(F)c1SC. The Morgan fingerprint density at radius 2 is 2.17 bits per heavy atom. The van der Waals surface area contributed by atoms with Crippen LogP contribution in [0.1, 0.15) is 0 Å². The van der Waals surface area contributed by atoms with Crippen LogP contribution in [-0.2, 0) is 0 Å². The molecule has 12 heavy (non-hydrogen) atoms. The Bertz CT molecular complexity index is 291. The average Bonchev–Trinajstić information content (AvgIpc) is 2.09. The summed E-state index contributed by atoms with van der Waals surface area (Å²) in [6, 6.07) is 3.48. The first kappa shape index (κ1) is 10.1. The van der Waals surface area contributed by atoms with E-state index >= 15 is 0 Å². The fourth-order valence-corrected chi connectivity index (χ4v) is 2.14. The molecule has 1 aromatic rings. The Balaban J connectivity index is 3.25. The Kier molecular flexibility index (Phi) is 3.64. The van der Waals surface area contributed by atoms with E-state index in [-0.39, 0.29) is 5.82 Å². The van der Waals surface area contributed by atoms with Crippen LogP contribution in [-0.4, -0.2) is 13.4 Å². The number of thioether (sulfide) groups is 1. The second-order valence-corrected chi connectivity index (χ2v) is 4.08. The van der Waals surface area contributed by atoms with Crippen LogP contribution in [0.2, 0.25) is 0 Å². The van der Waals surface area contributed by atoms with Crippen LogP contribution in [0, 0.1) is 9.39 Å². The third kappa shape index (κ3) is 1.85. The molecule has 1 nitrogen and oxygen atoms in total. The molecule has 0 heterocycles. The highest BCUT2D eigenvalue weighted by Crippen LogP contribution is 2.32. The van der Waals surface area contributed by atoms with Gasteiger partial charge in [0, 0.05) is 0 Å². The van der Waals surface area contributed by atoms with Gasteiger partial charge in [0.15, 0.2) is 5.82 Å². The van der Waals surface area contributed by atoms with Gasteiger partial charge in [-0.3, -0.25) is 0 Å². The molecular formula is C8H8FIOS. The smallest absolute Gasteiger partial charge is 0.153 e. The van der Waals surface area contributed by atoms with Gasteiger partial charge in [-0.2, -0.15) is 0 Å². The molecule has 0 radical (unpaired) electrons. The van der Waals surface area contributed by atoms with Crippen molar-refractivity contribution < 1.29 is 9.13 Å². The molecule has 0 unspecified atom stereocenters. The first-order valence-corrected chi connectivity index (χ1v) is 5.57. The van der Waals surface area contributed by atoms with Crippen LogP contribution in [0.5, 0.6) is 5.75 Å². The average molecular weight is 298 g/mol. The maximum Gasteiger partial charge on any atom is 0.153 e. The topological polar surface area (TPSA) is 9.23 Å². The fraction of sp³-hybridized carbons (Fsp3) is 0.250. The molecule has 0 N–H and O–H groups in total. The molecule has 0 saturated heterocycles. The number of benzene rings is 1. The summed E-state index contributed by atoms with van der Waals surface area (Å²) in [5.41, 5.74) is 0. The molecule has 0 fully saturated rings. The van der Waals surface area contributed by atoms with Crippen molar-refractivity contribution in [3.63, 3.8) is 0 Å². The molecule has 0 bridgehead atoms. The van der Waals surface area contributed by atoms with Crippen molar-refractivity contribution in [3.8, 4) is 5.75 Å². The van der Waals surface area contributed by atoms with Crippen LogP contribution in [0.25, 0.3) is 0 Å². The number of halogens is 2. The van der Waals surface area contributed by atoms with Crippen molar-refractivity contribution >= 4 is 34.4 Å². The van der Waals surface area contributed by atoms with Crippen molar-refractivity contribution in [2.24, 2.45) is 0 Å². The van der Waals surface area contributed by atoms with E-state index in [4.69, 9.17) is 4.74 Å². The summed E-state index contributed by atoms with van der Waals surface area (Å²) < 4.78 is 19.0. The lowest BCUT2D eigenvalue weighted by atomic mass is 10.3. The lowest BCUT2D eigenvalue weighted by Gasteiger charge is -2.07. The second-order valence-electron chi connectivity index (χ2n) is 2.10. The van der Waals surface area contributed by atoms with Crippen molar-refractivity contribution in [1.82, 2.24) is 0 Å². The lowest BCUT2D eigenvalue weighted by Crippen LogP contribution is -1.91. The minimum absolute atomic E-state index is 0.192. The molecule has 0 aliphatic rings. The highest BCUT2D eigenvalue weighted by molar-refractivity contribution is 14.1. The Morgan fingerprint density at radius 3 is 2.67 bits per heavy atom. The van der Waals surface area contributed by atoms with Gasteiger partial charge in [0.2, 0.25) is 0 Å². The lowest BCUT2D eigenvalue weighted by molar-refractivity contribution is 0.397. The predicted octanol–water partition coefficient (Wildman–Crippen LogP) is 3.16. The zero-order valence-electron chi connectivity index (χ0n) is 6.73. The molecule has 1 rings (SSSR count). The quantitative estimate of drug-likeness (QED) is 0.613. The molecule has 0 aliphatic carbocycles. The van der Waals surface area contributed by atoms with Gasteiger partial charge in [0.1, 0.15) is 5.75 Å². The van der Waals surface area contributed by atoms with Crippen molar-refractivity contribution in [2.45, 2.75) is 4.90 Å². The summed E-state index contributed by atoms with van der Waals surface area (Å²) in [5, 5.41) is 0. The van der Waals surface area contributed by atoms with Gasteiger partial charge in [-0.1, -0.05) is 0 Å². The number of rotatable bonds is 2. The van der Waals surface area contributed by atoms with Gasteiger partial charge in [-0.05, 0) is 41.0 Å².